The topological polar surface area (TPSA) is 44.8 Å². The normalized spacial score (nSPS) is 13.5. The van der Waals surface area contributed by atoms with E-state index in [0.717, 1.165) is 32.1 Å². The average molecular weight is 577 g/mol. The highest BCUT2D eigenvalue weighted by molar-refractivity contribution is 6.48. The van der Waals surface area contributed by atoms with Crippen LogP contribution in [0.1, 0.15) is 155 Å². The van der Waals surface area contributed by atoms with E-state index in [9.17, 15) is 4.79 Å². The van der Waals surface area contributed by atoms with Crippen LogP contribution in [0.3, 0.4) is 0 Å². The molecule has 0 aromatic heterocycles. The van der Waals surface area contributed by atoms with Crippen molar-refractivity contribution in [3.63, 3.8) is 0 Å². The van der Waals surface area contributed by atoms with Crippen LogP contribution in [0, 0.1) is 5.92 Å². The number of hydrogen-bond donors (Lipinski definition) is 0. The molecular formula is C35H64O4Si. The van der Waals surface area contributed by atoms with Gasteiger partial charge in [0, 0.05) is 0 Å². The third-order valence-corrected chi connectivity index (χ3v) is 8.29. The molecule has 1 aromatic carbocycles. The lowest BCUT2D eigenvalue weighted by atomic mass is 9.86. The predicted octanol–water partition coefficient (Wildman–Crippen LogP) is 10.6. The van der Waals surface area contributed by atoms with Crippen LogP contribution in [0.4, 0.5) is 0 Å². The van der Waals surface area contributed by atoms with Crippen LogP contribution in [-0.2, 0) is 31.0 Å². The van der Waals surface area contributed by atoms with Crippen molar-refractivity contribution in [1.82, 2.24) is 0 Å². The first kappa shape index (κ1) is 36.9. The summed E-state index contributed by atoms with van der Waals surface area (Å²) < 4.78 is 11.9. The molecule has 0 fully saturated rings. The predicted molar refractivity (Wildman–Crippen MR) is 173 cm³/mol. The second-order valence-corrected chi connectivity index (χ2v) is 15.5. The maximum Gasteiger partial charge on any atom is 0.343 e. The van der Waals surface area contributed by atoms with E-state index in [2.05, 4.69) is 58.9 Å². The Hall–Kier alpha value is -1.17. The molecule has 0 saturated heterocycles. The van der Waals surface area contributed by atoms with Crippen molar-refractivity contribution >= 4 is 15.0 Å². The minimum Gasteiger partial charge on any atom is -0.374 e. The van der Waals surface area contributed by atoms with Crippen molar-refractivity contribution in [2.45, 2.75) is 175 Å². The summed E-state index contributed by atoms with van der Waals surface area (Å²) in [6.45, 7) is 15.9. The zero-order valence-electron chi connectivity index (χ0n) is 27.4. The summed E-state index contributed by atoms with van der Waals surface area (Å²) >= 11 is 0. The molecule has 0 aliphatic carbocycles. The molecule has 0 saturated carbocycles. The summed E-state index contributed by atoms with van der Waals surface area (Å²) in [5, 5.41) is 0. The summed E-state index contributed by atoms with van der Waals surface area (Å²) in [4.78, 5) is 18.2. The van der Waals surface area contributed by atoms with Crippen molar-refractivity contribution in [3.05, 3.63) is 35.4 Å². The first-order valence-corrected chi connectivity index (χ1v) is 19.5. The molecule has 0 aliphatic heterocycles. The molecule has 0 unspecified atom stereocenters. The summed E-state index contributed by atoms with van der Waals surface area (Å²) in [5.74, 6) is -0.291. The Morgan fingerprint density at radius 2 is 1.35 bits per heavy atom. The molecule has 0 bridgehead atoms. The van der Waals surface area contributed by atoms with Crippen molar-refractivity contribution < 1.29 is 19.0 Å². The van der Waals surface area contributed by atoms with E-state index >= 15 is 0 Å². The van der Waals surface area contributed by atoms with E-state index in [4.69, 9.17) is 14.2 Å². The largest absolute Gasteiger partial charge is 0.374 e. The Kier molecular flexibility index (Phi) is 20.7. The fourth-order valence-electron chi connectivity index (χ4n) is 5.13. The Morgan fingerprint density at radius 1 is 0.775 bits per heavy atom. The first-order valence-electron chi connectivity index (χ1n) is 16.8. The summed E-state index contributed by atoms with van der Waals surface area (Å²) in [6.07, 6.45) is 20.4. The summed E-state index contributed by atoms with van der Waals surface area (Å²) in [7, 11) is -1.41. The first-order chi connectivity index (χ1) is 19.2. The van der Waals surface area contributed by atoms with Gasteiger partial charge in [0.15, 0.2) is 0 Å². The smallest absolute Gasteiger partial charge is 0.343 e. The number of carbonyl (C=O) groups excluding carboxylic acids is 1. The lowest BCUT2D eigenvalue weighted by Gasteiger charge is -2.23. The molecule has 0 spiro atoms. The van der Waals surface area contributed by atoms with Gasteiger partial charge in [-0.15, -0.1) is 0 Å². The van der Waals surface area contributed by atoms with Gasteiger partial charge in [-0.05, 0) is 55.3 Å². The Morgan fingerprint density at radius 3 is 1.95 bits per heavy atom. The molecule has 4 nitrogen and oxygen atoms in total. The number of carbonyl (C=O) groups is 1. The second-order valence-electron chi connectivity index (χ2n) is 13.2. The van der Waals surface area contributed by atoms with E-state index in [-0.39, 0.29) is 23.4 Å². The quantitative estimate of drug-likeness (QED) is 0.0531. The molecule has 0 amide bonds. The van der Waals surface area contributed by atoms with Gasteiger partial charge in [-0.25, -0.2) is 9.37 Å². The van der Waals surface area contributed by atoms with Crippen LogP contribution in [-0.4, -0.2) is 21.1 Å². The third kappa shape index (κ3) is 18.3. The molecule has 40 heavy (non-hydrogen) atoms. The Bertz CT molecular complexity index is 758. The van der Waals surface area contributed by atoms with Crippen molar-refractivity contribution in [1.29, 1.82) is 0 Å². The standard InChI is InChI=1S/C35H64O4Si/c1-8-10-12-14-15-16-17-18-20-25-33(37-29-30-22-21-24-32(28-30)35(3,4)5)27-26-31(23-19-13-11-9-2)34(36)38-39-40(6)7/h21-22,24,28,31,33,40H,8-20,23,25-27,29H2,1-7H3/t31-,33+/m0/s1. The van der Waals surface area contributed by atoms with E-state index in [1.54, 1.807) is 0 Å². The SMILES string of the molecule is CCCCCCCCCCC[C@H](CC[C@H](CCCCCC)C(=O)OO[SiH](C)C)OCc1cccc(C(C)(C)C)c1. The highest BCUT2D eigenvalue weighted by Gasteiger charge is 2.23. The molecule has 232 valence electrons. The van der Waals surface area contributed by atoms with Gasteiger partial charge in [0.2, 0.25) is 9.04 Å². The highest BCUT2D eigenvalue weighted by Crippen LogP contribution is 2.26. The Labute approximate surface area is 250 Å². The van der Waals surface area contributed by atoms with Gasteiger partial charge in [-0.3, -0.25) is 0 Å². The fraction of sp³-hybridized carbons (Fsp3) is 0.800. The molecule has 0 radical (unpaired) electrons. The fourth-order valence-corrected chi connectivity index (χ4v) is 5.42. The number of ether oxygens (including phenoxy) is 1. The van der Waals surface area contributed by atoms with Gasteiger partial charge >= 0.3 is 5.97 Å². The van der Waals surface area contributed by atoms with Gasteiger partial charge in [0.25, 0.3) is 0 Å². The number of hydrogen-bond acceptors (Lipinski definition) is 4. The van der Waals surface area contributed by atoms with Gasteiger partial charge in [0.05, 0.1) is 18.6 Å². The summed E-state index contributed by atoms with van der Waals surface area (Å²) in [5.41, 5.74) is 2.70. The maximum atomic E-state index is 12.9. The third-order valence-electron chi connectivity index (χ3n) is 7.81. The van der Waals surface area contributed by atoms with Crippen LogP contribution in [0.15, 0.2) is 24.3 Å². The lowest BCUT2D eigenvalue weighted by molar-refractivity contribution is -0.222. The molecule has 5 heteroatoms. The molecular weight excluding hydrogens is 512 g/mol. The van der Waals surface area contributed by atoms with E-state index < -0.39 is 9.04 Å². The number of unbranched alkanes of at least 4 members (excludes halogenated alkanes) is 11. The van der Waals surface area contributed by atoms with E-state index in [0.29, 0.717) is 6.61 Å². The molecule has 0 aliphatic rings. The minimum atomic E-state index is -1.41. The monoisotopic (exact) mass is 576 g/mol. The second kappa shape index (κ2) is 22.4. The van der Waals surface area contributed by atoms with Crippen LogP contribution in [0.5, 0.6) is 0 Å². The number of benzene rings is 1. The van der Waals surface area contributed by atoms with Gasteiger partial charge in [-0.2, -0.15) is 0 Å². The van der Waals surface area contributed by atoms with Gasteiger partial charge < -0.3 is 9.62 Å². The molecule has 0 N–H and O–H groups in total. The van der Waals surface area contributed by atoms with Gasteiger partial charge in [0.1, 0.15) is 0 Å². The van der Waals surface area contributed by atoms with Crippen molar-refractivity contribution in [3.8, 4) is 0 Å². The van der Waals surface area contributed by atoms with E-state index in [1.165, 1.54) is 88.2 Å². The minimum absolute atomic E-state index is 0.108. The maximum absolute atomic E-state index is 12.9. The Balaban J connectivity index is 2.73. The highest BCUT2D eigenvalue weighted by atomic mass is 28.3. The van der Waals surface area contributed by atoms with E-state index in [1.807, 2.05) is 13.1 Å². The number of rotatable bonds is 24. The average Bonchev–Trinajstić information content (AvgIpc) is 2.92. The zero-order chi connectivity index (χ0) is 29.6. The van der Waals surface area contributed by atoms with Gasteiger partial charge in [-0.1, -0.05) is 142 Å². The van der Waals surface area contributed by atoms with Crippen LogP contribution in [0.25, 0.3) is 0 Å². The molecule has 1 aromatic rings. The lowest BCUT2D eigenvalue weighted by Crippen LogP contribution is -2.23. The summed E-state index contributed by atoms with van der Waals surface area (Å²) in [6, 6.07) is 8.82. The zero-order valence-corrected chi connectivity index (χ0v) is 28.6. The van der Waals surface area contributed by atoms with Crippen molar-refractivity contribution in [2.75, 3.05) is 0 Å². The molecule has 0 heterocycles. The van der Waals surface area contributed by atoms with Crippen LogP contribution in [0.2, 0.25) is 13.1 Å². The van der Waals surface area contributed by atoms with Crippen LogP contribution < -0.4 is 0 Å². The van der Waals surface area contributed by atoms with Crippen molar-refractivity contribution in [2.24, 2.45) is 5.92 Å². The molecule has 1 rings (SSSR count). The van der Waals surface area contributed by atoms with Crippen LogP contribution >= 0.6 is 0 Å². The molecule has 2 atom stereocenters.